The van der Waals surface area contributed by atoms with E-state index in [2.05, 4.69) is 10.6 Å². The number of hydrogen-bond donors (Lipinski definition) is 2. The van der Waals surface area contributed by atoms with Crippen LogP contribution in [0, 0.1) is 0 Å². The summed E-state index contributed by atoms with van der Waals surface area (Å²) >= 11 is 0. The Kier molecular flexibility index (Phi) is 6.57. The van der Waals surface area contributed by atoms with Gasteiger partial charge < -0.3 is 15.4 Å². The van der Waals surface area contributed by atoms with E-state index in [1.807, 2.05) is 50.2 Å². The lowest BCUT2D eigenvalue weighted by molar-refractivity contribution is 0.0992. The van der Waals surface area contributed by atoms with E-state index in [4.69, 9.17) is 4.74 Å². The highest BCUT2D eigenvalue weighted by atomic mass is 16.5. The van der Waals surface area contributed by atoms with Gasteiger partial charge in [-0.05, 0) is 35.2 Å². The minimum Gasteiger partial charge on any atom is -0.496 e. The van der Waals surface area contributed by atoms with Crippen molar-refractivity contribution >= 4 is 11.8 Å². The highest BCUT2D eigenvalue weighted by Gasteiger charge is 2.13. The van der Waals surface area contributed by atoms with Gasteiger partial charge in [-0.2, -0.15) is 0 Å². The molecule has 0 aliphatic heterocycles. The molecule has 0 saturated heterocycles. The first-order valence-corrected chi connectivity index (χ1v) is 8.28. The van der Waals surface area contributed by atoms with Crippen molar-refractivity contribution in [2.45, 2.75) is 26.3 Å². The van der Waals surface area contributed by atoms with Crippen molar-refractivity contribution in [1.29, 1.82) is 0 Å². The molecule has 2 N–H and O–H groups in total. The molecule has 0 aliphatic carbocycles. The van der Waals surface area contributed by atoms with Crippen molar-refractivity contribution in [3.05, 3.63) is 65.2 Å². The van der Waals surface area contributed by atoms with E-state index in [-0.39, 0.29) is 24.3 Å². The Morgan fingerprint density at radius 1 is 1.04 bits per heavy atom. The number of Topliss-reactive ketones (excluding diaryl/α,β-unsaturated/α-hetero) is 1. The minimum absolute atomic E-state index is 0.0511. The molecule has 0 saturated carbocycles. The topological polar surface area (TPSA) is 67.4 Å². The van der Waals surface area contributed by atoms with E-state index in [1.165, 1.54) is 0 Å². The standard InChI is InChI=1S/C20H24N2O3/c1-14(2)17-11-16(9-10-19(17)25-3)18(23)13-22-20(24)21-12-15-7-5-4-6-8-15/h4-11,14H,12-13H2,1-3H3,(H2,21,22,24). The first-order valence-electron chi connectivity index (χ1n) is 8.28. The summed E-state index contributed by atoms with van der Waals surface area (Å²) in [4.78, 5) is 24.1. The number of nitrogens with one attached hydrogen (secondary N) is 2. The number of carbonyl (C=O) groups is 2. The number of ketones is 1. The van der Waals surface area contributed by atoms with Gasteiger partial charge in [0.1, 0.15) is 5.75 Å². The average Bonchev–Trinajstić information content (AvgIpc) is 2.64. The van der Waals surface area contributed by atoms with Crippen molar-refractivity contribution in [2.75, 3.05) is 13.7 Å². The predicted molar refractivity (Wildman–Crippen MR) is 98.1 cm³/mol. The van der Waals surface area contributed by atoms with Crippen LogP contribution in [0.1, 0.15) is 41.3 Å². The molecule has 0 aliphatic rings. The van der Waals surface area contributed by atoms with E-state index in [1.54, 1.807) is 19.2 Å². The van der Waals surface area contributed by atoms with Gasteiger partial charge in [-0.3, -0.25) is 4.79 Å². The summed E-state index contributed by atoms with van der Waals surface area (Å²) in [5, 5.41) is 5.33. The first kappa shape index (κ1) is 18.5. The molecule has 0 unspecified atom stereocenters. The summed E-state index contributed by atoms with van der Waals surface area (Å²) < 4.78 is 5.32. The van der Waals surface area contributed by atoms with Crippen molar-refractivity contribution in [3.63, 3.8) is 0 Å². The predicted octanol–water partition coefficient (Wildman–Crippen LogP) is 3.50. The number of hydrogen-bond acceptors (Lipinski definition) is 3. The maximum Gasteiger partial charge on any atom is 0.315 e. The highest BCUT2D eigenvalue weighted by Crippen LogP contribution is 2.27. The van der Waals surface area contributed by atoms with Gasteiger partial charge in [0.05, 0.1) is 13.7 Å². The molecule has 2 aromatic rings. The maximum atomic E-state index is 12.3. The van der Waals surface area contributed by atoms with Crippen LogP contribution in [0.25, 0.3) is 0 Å². The zero-order valence-electron chi connectivity index (χ0n) is 14.8. The summed E-state index contributed by atoms with van der Waals surface area (Å²) in [6, 6.07) is 14.6. The molecular formula is C20H24N2O3. The largest absolute Gasteiger partial charge is 0.496 e. The SMILES string of the molecule is COc1ccc(C(=O)CNC(=O)NCc2ccccc2)cc1C(C)C. The maximum absolute atomic E-state index is 12.3. The second kappa shape index (κ2) is 8.87. The quantitative estimate of drug-likeness (QED) is 0.758. The number of rotatable bonds is 7. The third kappa shape index (κ3) is 5.35. The van der Waals surface area contributed by atoms with Crippen LogP contribution in [0.2, 0.25) is 0 Å². The molecule has 0 aromatic heterocycles. The van der Waals surface area contributed by atoms with Crippen LogP contribution in [-0.2, 0) is 6.54 Å². The fourth-order valence-corrected chi connectivity index (χ4v) is 2.46. The van der Waals surface area contributed by atoms with Crippen LogP contribution < -0.4 is 15.4 Å². The summed E-state index contributed by atoms with van der Waals surface area (Å²) in [5.41, 5.74) is 2.54. The van der Waals surface area contributed by atoms with Crippen LogP contribution in [0.15, 0.2) is 48.5 Å². The normalized spacial score (nSPS) is 10.4. The van der Waals surface area contributed by atoms with Crippen molar-refractivity contribution < 1.29 is 14.3 Å². The Morgan fingerprint density at radius 3 is 2.40 bits per heavy atom. The number of methoxy groups -OCH3 is 1. The number of amides is 2. The van der Waals surface area contributed by atoms with Gasteiger partial charge in [0.2, 0.25) is 0 Å². The Balaban J connectivity index is 1.89. The fraction of sp³-hybridized carbons (Fsp3) is 0.300. The molecule has 2 aromatic carbocycles. The number of benzene rings is 2. The third-order valence-corrected chi connectivity index (χ3v) is 3.88. The minimum atomic E-state index is -0.366. The molecule has 0 heterocycles. The Bertz CT molecular complexity index is 727. The van der Waals surface area contributed by atoms with Crippen molar-refractivity contribution in [1.82, 2.24) is 10.6 Å². The van der Waals surface area contributed by atoms with Crippen LogP contribution in [0.4, 0.5) is 4.79 Å². The monoisotopic (exact) mass is 340 g/mol. The Morgan fingerprint density at radius 2 is 1.76 bits per heavy atom. The molecular weight excluding hydrogens is 316 g/mol. The third-order valence-electron chi connectivity index (χ3n) is 3.88. The molecule has 25 heavy (non-hydrogen) atoms. The average molecular weight is 340 g/mol. The number of urea groups is 1. The molecule has 0 radical (unpaired) electrons. The van der Waals surface area contributed by atoms with Crippen molar-refractivity contribution in [2.24, 2.45) is 0 Å². The molecule has 2 rings (SSSR count). The Labute approximate surface area is 148 Å². The summed E-state index contributed by atoms with van der Waals surface area (Å²) in [6.07, 6.45) is 0. The van der Waals surface area contributed by atoms with Gasteiger partial charge in [0.25, 0.3) is 0 Å². The van der Waals surface area contributed by atoms with Crippen LogP contribution in [0.3, 0.4) is 0 Å². The molecule has 2 amide bonds. The van der Waals surface area contributed by atoms with Gasteiger partial charge in [0, 0.05) is 12.1 Å². The zero-order chi connectivity index (χ0) is 18.2. The molecule has 0 fully saturated rings. The van der Waals surface area contributed by atoms with Crippen LogP contribution >= 0.6 is 0 Å². The highest BCUT2D eigenvalue weighted by molar-refractivity contribution is 5.99. The van der Waals surface area contributed by atoms with Crippen LogP contribution in [-0.4, -0.2) is 25.5 Å². The van der Waals surface area contributed by atoms with Crippen LogP contribution in [0.5, 0.6) is 5.75 Å². The number of ether oxygens (including phenoxy) is 1. The summed E-state index contributed by atoms with van der Waals surface area (Å²) in [6.45, 7) is 4.45. The van der Waals surface area contributed by atoms with E-state index < -0.39 is 0 Å². The van der Waals surface area contributed by atoms with E-state index >= 15 is 0 Å². The molecule has 5 nitrogen and oxygen atoms in total. The summed E-state index contributed by atoms with van der Waals surface area (Å²) in [7, 11) is 1.61. The molecule has 0 bridgehead atoms. The second-order valence-corrected chi connectivity index (χ2v) is 6.06. The first-order chi connectivity index (χ1) is 12.0. The van der Waals surface area contributed by atoms with Gasteiger partial charge in [-0.1, -0.05) is 44.2 Å². The number of carbonyl (C=O) groups excluding carboxylic acids is 2. The van der Waals surface area contributed by atoms with E-state index in [0.29, 0.717) is 12.1 Å². The second-order valence-electron chi connectivity index (χ2n) is 6.06. The van der Waals surface area contributed by atoms with Gasteiger partial charge in [-0.25, -0.2) is 4.79 Å². The van der Waals surface area contributed by atoms with Crippen molar-refractivity contribution in [3.8, 4) is 5.75 Å². The van der Waals surface area contributed by atoms with E-state index in [9.17, 15) is 9.59 Å². The summed E-state index contributed by atoms with van der Waals surface area (Å²) in [5.74, 6) is 0.865. The lowest BCUT2D eigenvalue weighted by Gasteiger charge is -2.13. The molecule has 0 atom stereocenters. The smallest absolute Gasteiger partial charge is 0.315 e. The van der Waals surface area contributed by atoms with Gasteiger partial charge in [0.15, 0.2) is 5.78 Å². The molecule has 132 valence electrons. The fourth-order valence-electron chi connectivity index (χ4n) is 2.46. The lowest BCUT2D eigenvalue weighted by Crippen LogP contribution is -2.38. The molecule has 5 heteroatoms. The van der Waals surface area contributed by atoms with Gasteiger partial charge in [-0.15, -0.1) is 0 Å². The van der Waals surface area contributed by atoms with E-state index in [0.717, 1.165) is 16.9 Å². The zero-order valence-corrected chi connectivity index (χ0v) is 14.8. The molecule has 0 spiro atoms. The Hall–Kier alpha value is -2.82. The van der Waals surface area contributed by atoms with Gasteiger partial charge >= 0.3 is 6.03 Å². The lowest BCUT2D eigenvalue weighted by atomic mass is 9.98.